The maximum absolute atomic E-state index is 6.16. The molecular weight excluding hydrogens is 312 g/mol. The van der Waals surface area contributed by atoms with Crippen LogP contribution in [0.15, 0.2) is 55.0 Å². The molecule has 0 fully saturated rings. The zero-order valence-corrected chi connectivity index (χ0v) is 13.1. The largest absolute Gasteiger partial charge is 0.497 e. The second-order valence-electron chi connectivity index (χ2n) is 5.11. The summed E-state index contributed by atoms with van der Waals surface area (Å²) in [5, 5.41) is 7.84. The Labute approximate surface area is 137 Å². The zero-order chi connectivity index (χ0) is 15.8. The normalized spacial score (nSPS) is 11.0. The molecule has 4 aromatic rings. The quantitative estimate of drug-likeness (QED) is 0.618. The van der Waals surface area contributed by atoms with Gasteiger partial charge in [-0.3, -0.25) is 9.50 Å². The molecule has 114 valence electrons. The molecule has 0 bridgehead atoms. The lowest BCUT2D eigenvalue weighted by atomic mass is 10.0. The van der Waals surface area contributed by atoms with Crippen LogP contribution in [0.3, 0.4) is 0 Å². The Kier molecular flexibility index (Phi) is 3.28. The Morgan fingerprint density at radius 2 is 1.83 bits per heavy atom. The van der Waals surface area contributed by atoms with Crippen LogP contribution in [-0.4, -0.2) is 26.7 Å². The van der Waals surface area contributed by atoms with E-state index < -0.39 is 0 Å². The van der Waals surface area contributed by atoms with E-state index in [0.29, 0.717) is 5.15 Å². The fourth-order valence-corrected chi connectivity index (χ4v) is 2.78. The van der Waals surface area contributed by atoms with Gasteiger partial charge in [-0.25, -0.2) is 4.98 Å². The van der Waals surface area contributed by atoms with Crippen molar-refractivity contribution in [2.24, 2.45) is 0 Å². The average Bonchev–Trinajstić information content (AvgIpc) is 3.22. The van der Waals surface area contributed by atoms with Gasteiger partial charge in [0.1, 0.15) is 16.5 Å². The van der Waals surface area contributed by atoms with Gasteiger partial charge in [0.2, 0.25) is 0 Å². The van der Waals surface area contributed by atoms with Crippen LogP contribution in [0, 0.1) is 0 Å². The van der Waals surface area contributed by atoms with E-state index in [1.807, 2.05) is 53.2 Å². The third kappa shape index (κ3) is 2.35. The zero-order valence-electron chi connectivity index (χ0n) is 12.3. The second kappa shape index (κ2) is 5.44. The van der Waals surface area contributed by atoms with E-state index in [0.717, 1.165) is 33.8 Å². The van der Waals surface area contributed by atoms with Crippen molar-refractivity contribution in [2.45, 2.75) is 0 Å². The molecule has 4 rings (SSSR count). The van der Waals surface area contributed by atoms with Crippen molar-refractivity contribution in [1.29, 1.82) is 0 Å². The molecule has 1 N–H and O–H groups in total. The monoisotopic (exact) mass is 324 g/mol. The Hall–Kier alpha value is -2.79. The molecule has 5 nitrogen and oxygen atoms in total. The smallest absolute Gasteiger partial charge is 0.137 e. The first kappa shape index (κ1) is 13.8. The fraction of sp³-hybridized carbons (Fsp3) is 0.0588. The van der Waals surface area contributed by atoms with Crippen molar-refractivity contribution >= 4 is 17.2 Å². The minimum Gasteiger partial charge on any atom is -0.497 e. The van der Waals surface area contributed by atoms with Gasteiger partial charge in [-0.2, -0.15) is 5.10 Å². The summed E-state index contributed by atoms with van der Waals surface area (Å²) in [4.78, 5) is 4.23. The number of hydrogen-bond donors (Lipinski definition) is 1. The summed E-state index contributed by atoms with van der Waals surface area (Å²) in [7, 11) is 1.65. The van der Waals surface area contributed by atoms with Crippen LogP contribution in [0.4, 0.5) is 0 Å². The molecular formula is C17H13ClN4O. The Morgan fingerprint density at radius 3 is 2.61 bits per heavy atom. The van der Waals surface area contributed by atoms with Crippen LogP contribution in [0.2, 0.25) is 5.15 Å². The Balaban J connectivity index is 1.82. The van der Waals surface area contributed by atoms with E-state index >= 15 is 0 Å². The molecule has 0 aliphatic carbocycles. The molecule has 0 radical (unpaired) electrons. The first-order valence-electron chi connectivity index (χ1n) is 7.07. The van der Waals surface area contributed by atoms with Gasteiger partial charge in [0.15, 0.2) is 0 Å². The summed E-state index contributed by atoms with van der Waals surface area (Å²) in [6.07, 6.45) is 5.41. The number of pyridine rings is 1. The summed E-state index contributed by atoms with van der Waals surface area (Å²) in [5.74, 6) is 0.821. The van der Waals surface area contributed by atoms with Crippen LogP contribution in [0.25, 0.3) is 28.0 Å². The molecule has 0 aliphatic heterocycles. The highest BCUT2D eigenvalue weighted by molar-refractivity contribution is 6.29. The topological polar surface area (TPSA) is 55.2 Å². The molecule has 0 saturated heterocycles. The molecule has 6 heteroatoms. The first-order valence-corrected chi connectivity index (χ1v) is 7.45. The minimum atomic E-state index is 0.580. The van der Waals surface area contributed by atoms with E-state index in [1.165, 1.54) is 0 Å². The molecule has 0 aliphatic rings. The summed E-state index contributed by atoms with van der Waals surface area (Å²) < 4.78 is 7.05. The minimum absolute atomic E-state index is 0.580. The van der Waals surface area contributed by atoms with Crippen LogP contribution in [0.1, 0.15) is 0 Å². The number of fused-ring (bicyclic) bond motifs is 1. The highest BCUT2D eigenvalue weighted by Crippen LogP contribution is 2.31. The number of nitrogens with zero attached hydrogens (tertiary/aromatic N) is 3. The number of H-pyrrole nitrogens is 1. The van der Waals surface area contributed by atoms with Gasteiger partial charge in [0.05, 0.1) is 25.2 Å². The summed E-state index contributed by atoms with van der Waals surface area (Å²) >= 11 is 6.16. The molecule has 0 saturated carbocycles. The van der Waals surface area contributed by atoms with Crippen LogP contribution < -0.4 is 4.74 Å². The van der Waals surface area contributed by atoms with Crippen molar-refractivity contribution in [3.8, 4) is 28.1 Å². The van der Waals surface area contributed by atoms with E-state index in [-0.39, 0.29) is 0 Å². The van der Waals surface area contributed by atoms with Crippen LogP contribution in [0.5, 0.6) is 5.75 Å². The molecule has 3 heterocycles. The van der Waals surface area contributed by atoms with Crippen molar-refractivity contribution in [2.75, 3.05) is 7.11 Å². The molecule has 0 unspecified atom stereocenters. The third-order valence-corrected chi connectivity index (χ3v) is 4.07. The highest BCUT2D eigenvalue weighted by Gasteiger charge is 2.11. The van der Waals surface area contributed by atoms with Gasteiger partial charge in [-0.05, 0) is 36.4 Å². The third-order valence-electron chi connectivity index (χ3n) is 3.79. The summed E-state index contributed by atoms with van der Waals surface area (Å²) in [5.41, 5.74) is 4.81. The lowest BCUT2D eigenvalue weighted by molar-refractivity contribution is 0.415. The predicted octanol–water partition coefficient (Wildman–Crippen LogP) is 4.05. The fourth-order valence-electron chi connectivity index (χ4n) is 2.59. The average molecular weight is 325 g/mol. The van der Waals surface area contributed by atoms with Gasteiger partial charge in [0.25, 0.3) is 0 Å². The van der Waals surface area contributed by atoms with Crippen LogP contribution >= 0.6 is 11.6 Å². The van der Waals surface area contributed by atoms with Gasteiger partial charge < -0.3 is 4.74 Å². The van der Waals surface area contributed by atoms with Crippen LogP contribution in [-0.2, 0) is 0 Å². The molecule has 0 spiro atoms. The lowest BCUT2D eigenvalue weighted by Gasteiger charge is -2.06. The first-order chi connectivity index (χ1) is 11.3. The number of aromatic amines is 1. The Morgan fingerprint density at radius 1 is 1.04 bits per heavy atom. The van der Waals surface area contributed by atoms with Gasteiger partial charge in [-0.15, -0.1) is 0 Å². The molecule has 1 aromatic carbocycles. The molecule has 0 atom stereocenters. The Bertz CT molecular complexity index is 972. The van der Waals surface area contributed by atoms with E-state index in [2.05, 4.69) is 15.2 Å². The number of hydrogen-bond acceptors (Lipinski definition) is 3. The molecule has 3 aromatic heterocycles. The van der Waals surface area contributed by atoms with E-state index in [9.17, 15) is 0 Å². The van der Waals surface area contributed by atoms with Crippen molar-refractivity contribution in [1.82, 2.24) is 19.6 Å². The SMILES string of the molecule is COc1ccc(-c2[nH]ncc2-c2ccc3ncc(Cl)n3c2)cc1. The molecule has 23 heavy (non-hydrogen) atoms. The summed E-state index contributed by atoms with van der Waals surface area (Å²) in [6.45, 7) is 0. The maximum Gasteiger partial charge on any atom is 0.137 e. The van der Waals surface area contributed by atoms with Gasteiger partial charge in [-0.1, -0.05) is 11.6 Å². The number of halogens is 1. The standard InChI is InChI=1S/C17H13ClN4O/c1-23-13-5-2-11(3-6-13)17-14(8-20-21-17)12-4-7-16-19-9-15(18)22(16)10-12/h2-10H,1H3,(H,20,21). The van der Waals surface area contributed by atoms with E-state index in [4.69, 9.17) is 16.3 Å². The molecule has 0 amide bonds. The maximum atomic E-state index is 6.16. The number of aromatic nitrogens is 4. The van der Waals surface area contributed by atoms with Gasteiger partial charge in [0, 0.05) is 22.9 Å². The number of ether oxygens (including phenoxy) is 1. The number of imidazole rings is 1. The van der Waals surface area contributed by atoms with Crippen molar-refractivity contribution < 1.29 is 4.74 Å². The number of nitrogens with one attached hydrogen (secondary N) is 1. The second-order valence-corrected chi connectivity index (χ2v) is 5.50. The lowest BCUT2D eigenvalue weighted by Crippen LogP contribution is -1.88. The number of methoxy groups -OCH3 is 1. The number of benzene rings is 1. The predicted molar refractivity (Wildman–Crippen MR) is 89.8 cm³/mol. The summed E-state index contributed by atoms with van der Waals surface area (Å²) in [6, 6.07) is 11.8. The highest BCUT2D eigenvalue weighted by atomic mass is 35.5. The van der Waals surface area contributed by atoms with E-state index in [1.54, 1.807) is 13.3 Å². The van der Waals surface area contributed by atoms with Crippen molar-refractivity contribution in [3.63, 3.8) is 0 Å². The van der Waals surface area contributed by atoms with Crippen molar-refractivity contribution in [3.05, 3.63) is 60.1 Å². The van der Waals surface area contributed by atoms with Gasteiger partial charge >= 0.3 is 0 Å². The number of rotatable bonds is 3.